The number of benzene rings is 1. The fourth-order valence-electron chi connectivity index (χ4n) is 4.82. The van der Waals surface area contributed by atoms with Crippen molar-refractivity contribution in [3.63, 3.8) is 0 Å². The molecule has 1 N–H and O–H groups in total. The number of aliphatic hydroxyl groups is 1. The molecule has 6 nitrogen and oxygen atoms in total. The van der Waals surface area contributed by atoms with E-state index in [4.69, 9.17) is 18.9 Å². The van der Waals surface area contributed by atoms with Crippen LogP contribution in [-0.2, 0) is 14.9 Å². The Balaban J connectivity index is 0.00000157. The molecular weight excluding hydrogens is 346 g/mol. The first-order valence-electron chi connectivity index (χ1n) is 8.33. The van der Waals surface area contributed by atoms with E-state index in [1.807, 2.05) is 12.1 Å². The molecule has 1 aliphatic carbocycles. The van der Waals surface area contributed by atoms with E-state index in [-0.39, 0.29) is 42.9 Å². The average Bonchev–Trinajstić information content (AvgIpc) is 3.16. The summed E-state index contributed by atoms with van der Waals surface area (Å²) in [7, 11) is 3.85. The molecule has 0 radical (unpaired) electrons. The molecule has 1 aromatic carbocycles. The second kappa shape index (κ2) is 5.86. The van der Waals surface area contributed by atoms with E-state index in [2.05, 4.69) is 24.1 Å². The van der Waals surface area contributed by atoms with Crippen LogP contribution < -0.4 is 9.47 Å². The highest BCUT2D eigenvalue weighted by atomic mass is 35.5. The Morgan fingerprint density at radius 2 is 2.04 bits per heavy atom. The van der Waals surface area contributed by atoms with E-state index >= 15 is 0 Å². The summed E-state index contributed by atoms with van der Waals surface area (Å²) < 4.78 is 22.6. The number of fused-ring (bicyclic) bond motifs is 2. The van der Waals surface area contributed by atoms with Crippen LogP contribution in [0.4, 0.5) is 0 Å². The lowest BCUT2D eigenvalue weighted by molar-refractivity contribution is -0.160. The maximum absolute atomic E-state index is 10.5. The van der Waals surface area contributed by atoms with Crippen LogP contribution in [-0.4, -0.2) is 55.8 Å². The van der Waals surface area contributed by atoms with Crippen molar-refractivity contribution < 1.29 is 24.1 Å². The van der Waals surface area contributed by atoms with Crippen LogP contribution in [0.3, 0.4) is 0 Å². The number of aliphatic hydroxyl groups excluding tert-OH is 1. The van der Waals surface area contributed by atoms with E-state index in [9.17, 15) is 5.11 Å². The zero-order valence-electron chi connectivity index (χ0n) is 14.2. The summed E-state index contributed by atoms with van der Waals surface area (Å²) in [4.78, 5) is 2.31. The molecule has 0 bridgehead atoms. The van der Waals surface area contributed by atoms with Gasteiger partial charge in [0.25, 0.3) is 0 Å². The minimum Gasteiger partial charge on any atom is -0.454 e. The van der Waals surface area contributed by atoms with Crippen LogP contribution in [0, 0.1) is 0 Å². The van der Waals surface area contributed by atoms with Gasteiger partial charge in [-0.25, -0.2) is 0 Å². The van der Waals surface area contributed by atoms with Crippen LogP contribution in [0.5, 0.6) is 11.5 Å². The monoisotopic (exact) mass is 367 g/mol. The normalized spacial score (nSPS) is 37.9. The molecular formula is C18H22ClNO5. The number of methoxy groups -OCH3 is 1. The van der Waals surface area contributed by atoms with Gasteiger partial charge in [0.1, 0.15) is 0 Å². The van der Waals surface area contributed by atoms with Crippen molar-refractivity contribution in [3.8, 4) is 11.5 Å². The lowest BCUT2D eigenvalue weighted by Gasteiger charge is -2.46. The van der Waals surface area contributed by atoms with Gasteiger partial charge in [-0.3, -0.25) is 4.90 Å². The van der Waals surface area contributed by atoms with Crippen molar-refractivity contribution in [1.82, 2.24) is 4.90 Å². The largest absolute Gasteiger partial charge is 0.454 e. The number of rotatable bonds is 1. The SMILES string of the molecule is CO[C@@H]1C=C[C@@]23c4cc5c(cc4[C@H](O)O[C@H]2CN(C)[C@H]3C1)OCO5.Cl. The van der Waals surface area contributed by atoms with Crippen LogP contribution in [0.1, 0.15) is 23.8 Å². The lowest BCUT2D eigenvalue weighted by Crippen LogP contribution is -2.52. The fraction of sp³-hybridized carbons (Fsp3) is 0.556. The molecule has 7 heteroatoms. The van der Waals surface area contributed by atoms with Crippen LogP contribution in [0.15, 0.2) is 24.3 Å². The Hall–Kier alpha value is -1.31. The molecule has 136 valence electrons. The number of ether oxygens (including phenoxy) is 4. The van der Waals surface area contributed by atoms with Gasteiger partial charge in [-0.1, -0.05) is 12.2 Å². The van der Waals surface area contributed by atoms with Crippen molar-refractivity contribution in [2.75, 3.05) is 27.5 Å². The number of hydrogen-bond acceptors (Lipinski definition) is 6. The predicted molar refractivity (Wildman–Crippen MR) is 92.3 cm³/mol. The third kappa shape index (κ3) is 2.18. The molecule has 5 atom stereocenters. The van der Waals surface area contributed by atoms with Crippen LogP contribution in [0.25, 0.3) is 0 Å². The molecule has 1 aromatic rings. The first-order valence-corrected chi connectivity index (χ1v) is 8.33. The summed E-state index contributed by atoms with van der Waals surface area (Å²) in [5.41, 5.74) is 1.56. The second-order valence-electron chi connectivity index (χ2n) is 7.03. The van der Waals surface area contributed by atoms with Crippen molar-refractivity contribution in [1.29, 1.82) is 0 Å². The zero-order chi connectivity index (χ0) is 16.5. The second-order valence-corrected chi connectivity index (χ2v) is 7.03. The molecule has 0 aromatic heterocycles. The molecule has 3 heterocycles. The Morgan fingerprint density at radius 1 is 1.28 bits per heavy atom. The molecule has 0 saturated carbocycles. The Bertz CT molecular complexity index is 726. The maximum Gasteiger partial charge on any atom is 0.231 e. The molecule has 1 fully saturated rings. The van der Waals surface area contributed by atoms with E-state index in [0.717, 1.165) is 29.8 Å². The molecule has 3 aliphatic heterocycles. The van der Waals surface area contributed by atoms with Gasteiger partial charge >= 0.3 is 0 Å². The van der Waals surface area contributed by atoms with Crippen molar-refractivity contribution in [3.05, 3.63) is 35.4 Å². The Labute approximate surface area is 152 Å². The third-order valence-electron chi connectivity index (χ3n) is 5.99. The van der Waals surface area contributed by atoms with Gasteiger partial charge in [-0.2, -0.15) is 0 Å². The zero-order valence-corrected chi connectivity index (χ0v) is 15.0. The van der Waals surface area contributed by atoms with Crippen molar-refractivity contribution in [2.45, 2.75) is 36.4 Å². The van der Waals surface area contributed by atoms with E-state index < -0.39 is 6.29 Å². The molecule has 0 unspecified atom stereocenters. The van der Waals surface area contributed by atoms with E-state index in [1.165, 1.54) is 0 Å². The van der Waals surface area contributed by atoms with Gasteiger partial charge in [0, 0.05) is 25.3 Å². The summed E-state index contributed by atoms with van der Waals surface area (Å²) in [5, 5.41) is 10.5. The Kier molecular flexibility index (Phi) is 4.01. The molecule has 25 heavy (non-hydrogen) atoms. The van der Waals surface area contributed by atoms with Crippen LogP contribution >= 0.6 is 12.4 Å². The predicted octanol–water partition coefficient (Wildman–Crippen LogP) is 1.75. The molecule has 4 aliphatic rings. The minimum absolute atomic E-state index is 0. The quantitative estimate of drug-likeness (QED) is 0.763. The van der Waals surface area contributed by atoms with Gasteiger partial charge < -0.3 is 24.1 Å². The number of halogens is 1. The average molecular weight is 368 g/mol. The minimum atomic E-state index is -0.939. The summed E-state index contributed by atoms with van der Waals surface area (Å²) in [5.74, 6) is 1.41. The molecule has 0 amide bonds. The summed E-state index contributed by atoms with van der Waals surface area (Å²) in [6.45, 7) is 0.993. The van der Waals surface area contributed by atoms with Crippen molar-refractivity contribution in [2.24, 2.45) is 0 Å². The summed E-state index contributed by atoms with van der Waals surface area (Å²) in [6, 6.07) is 4.14. The lowest BCUT2D eigenvalue weighted by atomic mass is 9.65. The topological polar surface area (TPSA) is 60.4 Å². The van der Waals surface area contributed by atoms with E-state index in [0.29, 0.717) is 5.75 Å². The molecule has 5 rings (SSSR count). The molecule has 1 saturated heterocycles. The fourth-order valence-corrected chi connectivity index (χ4v) is 4.82. The highest BCUT2D eigenvalue weighted by Crippen LogP contribution is 2.54. The Morgan fingerprint density at radius 3 is 2.80 bits per heavy atom. The van der Waals surface area contributed by atoms with Gasteiger partial charge in [0.15, 0.2) is 17.8 Å². The summed E-state index contributed by atoms with van der Waals surface area (Å²) >= 11 is 0. The summed E-state index contributed by atoms with van der Waals surface area (Å²) in [6.07, 6.45) is 4.31. The van der Waals surface area contributed by atoms with Gasteiger partial charge in [-0.05, 0) is 31.2 Å². The van der Waals surface area contributed by atoms with Crippen molar-refractivity contribution >= 4 is 12.4 Å². The first-order chi connectivity index (χ1) is 11.6. The number of hydrogen-bond donors (Lipinski definition) is 1. The smallest absolute Gasteiger partial charge is 0.231 e. The highest BCUT2D eigenvalue weighted by molar-refractivity contribution is 5.85. The van der Waals surface area contributed by atoms with Gasteiger partial charge in [-0.15, -0.1) is 12.4 Å². The maximum atomic E-state index is 10.5. The highest BCUT2D eigenvalue weighted by Gasteiger charge is 2.59. The standard InChI is InChI=1S/C18H21NO5.ClH/c1-19-8-16-18(4-3-10(21-2)5-15(18)19)12-7-14-13(22-9-23-14)6-11(12)17(20)24-16;/h3-4,6-7,10,15-17,20H,5,8-9H2,1-2H3;1H/t10-,15+,16+,17-,18+;/m1./s1. The van der Waals surface area contributed by atoms with E-state index in [1.54, 1.807) is 7.11 Å². The number of nitrogens with zero attached hydrogens (tertiary/aromatic N) is 1. The molecule has 1 spiro atoms. The van der Waals surface area contributed by atoms with Gasteiger partial charge in [0.2, 0.25) is 6.79 Å². The number of likely N-dealkylation sites (tertiary alicyclic amines) is 1. The first kappa shape index (κ1) is 17.1. The third-order valence-corrected chi connectivity index (χ3v) is 5.99. The van der Waals surface area contributed by atoms with Crippen LogP contribution in [0.2, 0.25) is 0 Å². The number of likely N-dealkylation sites (N-methyl/N-ethyl adjacent to an activating group) is 1. The van der Waals surface area contributed by atoms with Gasteiger partial charge in [0.05, 0.1) is 17.6 Å².